The molecule has 1 fully saturated rings. The zero-order valence-electron chi connectivity index (χ0n) is 13.2. The molecule has 1 saturated heterocycles. The Bertz CT molecular complexity index is 323. The van der Waals surface area contributed by atoms with E-state index in [4.69, 9.17) is 14.0 Å². The predicted octanol–water partition coefficient (Wildman–Crippen LogP) is 2.65. The van der Waals surface area contributed by atoms with E-state index in [0.29, 0.717) is 0 Å². The Kier molecular flexibility index (Phi) is 4.82. The van der Waals surface area contributed by atoms with Gasteiger partial charge in [-0.1, -0.05) is 0 Å². The van der Waals surface area contributed by atoms with Gasteiger partial charge in [-0.2, -0.15) is 0 Å². The average molecular weight is 382 g/mol. The van der Waals surface area contributed by atoms with Crippen LogP contribution in [0.2, 0.25) is 0 Å². The summed E-state index contributed by atoms with van der Waals surface area (Å²) in [5.41, 5.74) is -2.38. The zero-order valence-corrected chi connectivity index (χ0v) is 15.4. The molecule has 19 heavy (non-hydrogen) atoms. The van der Waals surface area contributed by atoms with Crippen LogP contribution in [-0.4, -0.2) is 39.2 Å². The van der Waals surface area contributed by atoms with Crippen molar-refractivity contribution in [3.05, 3.63) is 0 Å². The van der Waals surface area contributed by atoms with Crippen molar-refractivity contribution >= 4 is 34.0 Å². The molecule has 1 aliphatic rings. The van der Waals surface area contributed by atoms with Crippen LogP contribution >= 0.6 is 22.4 Å². The maximum absolute atomic E-state index is 10.1. The molecule has 0 aromatic rings. The Balaban J connectivity index is 2.75. The molecule has 7 heteroatoms. The molecule has 0 radical (unpaired) electrons. The first kappa shape index (κ1) is 17.8. The molecule has 1 N–H and O–H groups in total. The van der Waals surface area contributed by atoms with Gasteiger partial charge in [0.1, 0.15) is 0 Å². The quantitative estimate of drug-likeness (QED) is 0.600. The third-order valence-corrected chi connectivity index (χ3v) is 5.21. The van der Waals surface area contributed by atoms with E-state index in [9.17, 15) is 5.11 Å². The predicted molar refractivity (Wildman–Crippen MR) is 87.3 cm³/mol. The number of aliphatic hydroxyl groups is 1. The number of halogens is 1. The van der Waals surface area contributed by atoms with Gasteiger partial charge < -0.3 is 19.1 Å². The number of hydrogen-bond donors (Lipinski definition) is 1. The van der Waals surface area contributed by atoms with Crippen LogP contribution in [-0.2, 0) is 14.0 Å². The highest BCUT2D eigenvalue weighted by Gasteiger charge is 2.56. The molecule has 0 bridgehead atoms. The third-order valence-electron chi connectivity index (χ3n) is 4.37. The smallest absolute Gasteiger partial charge is 0.420 e. The van der Waals surface area contributed by atoms with E-state index < -0.39 is 18.2 Å². The second-order valence-corrected chi connectivity index (χ2v) is 8.39. The van der Waals surface area contributed by atoms with Crippen molar-refractivity contribution in [2.75, 3.05) is 0 Å². The second kappa shape index (κ2) is 5.16. The van der Waals surface area contributed by atoms with Crippen molar-refractivity contribution in [2.45, 2.75) is 77.8 Å². The second-order valence-electron chi connectivity index (χ2n) is 7.16. The first-order valence-corrected chi connectivity index (χ1v) is 7.84. The molecule has 1 aliphatic heterocycles. The van der Waals surface area contributed by atoms with Crippen molar-refractivity contribution in [3.63, 3.8) is 0 Å². The number of hydrogen-bond acceptors (Lipinski definition) is 4. The van der Waals surface area contributed by atoms with Gasteiger partial charge in [-0.15, -0.1) is 22.4 Å². The zero-order chi connectivity index (χ0) is 15.3. The van der Waals surface area contributed by atoms with Gasteiger partial charge in [-0.05, 0) is 55.4 Å². The van der Waals surface area contributed by atoms with Crippen molar-refractivity contribution in [1.29, 1.82) is 0 Å². The Morgan fingerprint density at radius 2 is 1.42 bits per heavy atom. The van der Waals surface area contributed by atoms with Crippen LogP contribution in [0.15, 0.2) is 0 Å². The Hall–Kier alpha value is 0.700. The normalized spacial score (nSPS) is 22.7. The van der Waals surface area contributed by atoms with Gasteiger partial charge in [0.2, 0.25) is 0 Å². The van der Waals surface area contributed by atoms with E-state index in [1.165, 1.54) is 0 Å². The van der Waals surface area contributed by atoms with Gasteiger partial charge in [0.15, 0.2) is 0 Å². The molecule has 1 heterocycles. The van der Waals surface area contributed by atoms with E-state index in [0.717, 1.165) is 0 Å². The molecule has 1 rings (SSSR count). The van der Waals surface area contributed by atoms with Crippen LogP contribution in [0.25, 0.3) is 0 Å². The minimum absolute atomic E-state index is 0.292. The summed E-state index contributed by atoms with van der Waals surface area (Å²) in [6, 6.07) is 0. The molecule has 0 atom stereocenters. The monoisotopic (exact) mass is 382 g/mol. The van der Waals surface area contributed by atoms with Crippen LogP contribution in [0.4, 0.5) is 0 Å². The summed E-state index contributed by atoms with van der Waals surface area (Å²) in [5, 5.41) is 10.1. The number of rotatable bonds is 4. The molecule has 0 aliphatic carbocycles. The minimum atomic E-state index is -0.944. The minimum Gasteiger partial charge on any atom is -0.420 e. The van der Waals surface area contributed by atoms with Crippen LogP contribution in [0.3, 0.4) is 0 Å². The lowest BCUT2D eigenvalue weighted by molar-refractivity contribution is -0.0898. The lowest BCUT2D eigenvalue weighted by Gasteiger charge is -2.39. The molecule has 0 aromatic heterocycles. The molecule has 0 unspecified atom stereocenters. The molecule has 0 aromatic carbocycles. The van der Waals surface area contributed by atoms with E-state index in [-0.39, 0.29) is 15.9 Å². The molecular formula is C12H25B2IO4. The summed E-state index contributed by atoms with van der Waals surface area (Å²) in [7, 11) is -0.438. The summed E-state index contributed by atoms with van der Waals surface area (Å²) in [6.45, 7) is 15.2. The van der Waals surface area contributed by atoms with Crippen LogP contribution in [0.5, 0.6) is 0 Å². The highest BCUT2D eigenvalue weighted by Crippen LogP contribution is 2.39. The molecule has 4 nitrogen and oxygen atoms in total. The first-order valence-electron chi connectivity index (χ1n) is 6.59. The highest BCUT2D eigenvalue weighted by molar-refractivity contribution is 14.1. The summed E-state index contributed by atoms with van der Waals surface area (Å²) in [6.07, 6.45) is 0. The lowest BCUT2D eigenvalue weighted by atomic mass is 9.55. The van der Waals surface area contributed by atoms with Crippen LogP contribution in [0.1, 0.15) is 55.4 Å². The van der Waals surface area contributed by atoms with Crippen molar-refractivity contribution in [1.82, 2.24) is 0 Å². The first-order chi connectivity index (χ1) is 8.20. The largest absolute Gasteiger partial charge is 0.461 e. The van der Waals surface area contributed by atoms with Crippen molar-refractivity contribution in [2.24, 2.45) is 0 Å². The maximum Gasteiger partial charge on any atom is 0.461 e. The van der Waals surface area contributed by atoms with Gasteiger partial charge in [-0.3, -0.25) is 0 Å². The van der Waals surface area contributed by atoms with Gasteiger partial charge in [0.25, 0.3) is 0 Å². The lowest BCUT2D eigenvalue weighted by Crippen LogP contribution is -2.53. The van der Waals surface area contributed by atoms with Crippen molar-refractivity contribution < 1.29 is 19.1 Å². The summed E-state index contributed by atoms with van der Waals surface area (Å²) in [4.78, 5) is 0. The Morgan fingerprint density at radius 1 is 1.05 bits per heavy atom. The van der Waals surface area contributed by atoms with E-state index in [2.05, 4.69) is 22.4 Å². The van der Waals surface area contributed by atoms with Gasteiger partial charge in [-0.25, -0.2) is 0 Å². The van der Waals surface area contributed by atoms with Gasteiger partial charge >= 0.3 is 11.7 Å². The molecule has 0 spiro atoms. The average Bonchev–Trinajstić information content (AvgIpc) is 2.33. The Labute approximate surface area is 131 Å². The van der Waals surface area contributed by atoms with E-state index in [1.54, 1.807) is 13.8 Å². The fourth-order valence-electron chi connectivity index (χ4n) is 1.48. The summed E-state index contributed by atoms with van der Waals surface area (Å²) >= 11 is 2.16. The Morgan fingerprint density at radius 3 is 1.74 bits per heavy atom. The molecule has 0 amide bonds. The maximum atomic E-state index is 10.1. The summed E-state index contributed by atoms with van der Waals surface area (Å²) < 4.78 is 17.6. The van der Waals surface area contributed by atoms with E-state index in [1.807, 2.05) is 41.5 Å². The molecular weight excluding hydrogens is 357 g/mol. The van der Waals surface area contributed by atoms with Crippen LogP contribution in [0, 0.1) is 0 Å². The van der Waals surface area contributed by atoms with Gasteiger partial charge in [0.05, 0.1) is 22.4 Å². The standard InChI is InChI=1S/C12H25B2IO4/c1-9(2,16)10(3,4)17-13(15)14-18-11(5,6)12(7,8)19-14/h16H,1-8H3. The molecule has 0 saturated carbocycles. The van der Waals surface area contributed by atoms with Crippen LogP contribution < -0.4 is 0 Å². The summed E-state index contributed by atoms with van der Waals surface area (Å²) in [5.74, 6) is 0. The van der Waals surface area contributed by atoms with Gasteiger partial charge in [0, 0.05) is 0 Å². The topological polar surface area (TPSA) is 47.9 Å². The highest BCUT2D eigenvalue weighted by atomic mass is 127. The van der Waals surface area contributed by atoms with Crippen molar-refractivity contribution in [3.8, 4) is 0 Å². The third kappa shape index (κ3) is 3.67. The fourth-order valence-corrected chi connectivity index (χ4v) is 2.41. The van der Waals surface area contributed by atoms with E-state index >= 15 is 0 Å². The SMILES string of the molecule is CC(C)(O)C(C)(C)OB(I)B1OC(C)(C)C(C)(C)O1. The fraction of sp³-hybridized carbons (Fsp3) is 1.00. The molecule has 110 valence electrons.